The summed E-state index contributed by atoms with van der Waals surface area (Å²) in [6.07, 6.45) is 4.73. The molecule has 164 valence electrons. The van der Waals surface area contributed by atoms with Gasteiger partial charge in [0.05, 0.1) is 0 Å². The largest absolute Gasteiger partial charge is 0.489 e. The Bertz CT molecular complexity index is 615. The number of carboxylic acid groups (broad SMARTS) is 1. The average Bonchev–Trinajstić information content (AvgIpc) is 2.67. The van der Waals surface area contributed by atoms with E-state index in [-0.39, 0.29) is 6.10 Å². The van der Waals surface area contributed by atoms with Crippen molar-refractivity contribution in [2.75, 3.05) is 13.2 Å². The first kappa shape index (κ1) is 23.7. The Kier molecular flexibility index (Phi) is 8.97. The van der Waals surface area contributed by atoms with Crippen molar-refractivity contribution in [2.45, 2.75) is 85.0 Å². The first-order valence-corrected chi connectivity index (χ1v) is 11.0. The van der Waals surface area contributed by atoms with Crippen LogP contribution in [0.5, 0.6) is 5.75 Å². The molecule has 0 heterocycles. The van der Waals surface area contributed by atoms with Crippen LogP contribution in [0.4, 0.5) is 0 Å². The second-order valence-corrected chi connectivity index (χ2v) is 9.38. The van der Waals surface area contributed by atoms with Crippen LogP contribution in [-0.4, -0.2) is 42.5 Å². The Labute approximate surface area is 176 Å². The number of rotatable bonds is 10. The van der Waals surface area contributed by atoms with Gasteiger partial charge in [-0.2, -0.15) is 0 Å². The molecule has 1 aliphatic rings. The van der Waals surface area contributed by atoms with Crippen molar-refractivity contribution in [3.05, 3.63) is 29.8 Å². The predicted molar refractivity (Wildman–Crippen MR) is 116 cm³/mol. The maximum Gasteiger partial charge on any atom is 0.333 e. The van der Waals surface area contributed by atoms with Gasteiger partial charge in [0.25, 0.3) is 0 Å². The molecule has 0 saturated heterocycles. The van der Waals surface area contributed by atoms with Gasteiger partial charge in [-0.1, -0.05) is 32.9 Å². The molecule has 1 aromatic carbocycles. The molecule has 5 heteroatoms. The molecule has 0 aromatic heterocycles. The molecule has 2 rings (SSSR count). The smallest absolute Gasteiger partial charge is 0.333 e. The molecule has 2 atom stereocenters. The number of carboxylic acids is 1. The van der Waals surface area contributed by atoms with Crippen LogP contribution >= 0.6 is 0 Å². The lowest BCUT2D eigenvalue weighted by molar-refractivity contribution is -0.149. The molecular formula is C24H39NO4. The van der Waals surface area contributed by atoms with Crippen molar-refractivity contribution in [3.8, 4) is 5.75 Å². The highest BCUT2D eigenvalue weighted by molar-refractivity contribution is 5.72. The van der Waals surface area contributed by atoms with E-state index in [4.69, 9.17) is 9.47 Å². The molecule has 1 aliphatic carbocycles. The Hall–Kier alpha value is -1.59. The summed E-state index contributed by atoms with van der Waals surface area (Å²) in [6.45, 7) is 12.2. The molecule has 1 saturated carbocycles. The number of hydrogen-bond acceptors (Lipinski definition) is 4. The quantitative estimate of drug-likeness (QED) is 0.591. The number of carbonyl (C=O) groups is 1. The van der Waals surface area contributed by atoms with Gasteiger partial charge in [0.15, 0.2) is 6.10 Å². The molecule has 0 amide bonds. The Morgan fingerprint density at radius 1 is 1.17 bits per heavy atom. The summed E-state index contributed by atoms with van der Waals surface area (Å²) in [5, 5.41) is 12.9. The summed E-state index contributed by atoms with van der Waals surface area (Å²) in [5.74, 6) is 0.711. The highest BCUT2D eigenvalue weighted by Gasteiger charge is 2.29. The van der Waals surface area contributed by atoms with Gasteiger partial charge in [0.1, 0.15) is 11.9 Å². The summed E-state index contributed by atoms with van der Waals surface area (Å²) in [7, 11) is 0. The molecular weight excluding hydrogens is 366 g/mol. The lowest BCUT2D eigenvalue weighted by Crippen LogP contribution is -2.40. The van der Waals surface area contributed by atoms with Crippen LogP contribution < -0.4 is 10.1 Å². The molecule has 0 unspecified atom stereocenters. The highest BCUT2D eigenvalue weighted by atomic mass is 16.5. The van der Waals surface area contributed by atoms with E-state index in [9.17, 15) is 9.90 Å². The van der Waals surface area contributed by atoms with Gasteiger partial charge < -0.3 is 19.9 Å². The van der Waals surface area contributed by atoms with Gasteiger partial charge in [-0.05, 0) is 68.6 Å². The van der Waals surface area contributed by atoms with E-state index < -0.39 is 12.1 Å². The van der Waals surface area contributed by atoms with Crippen LogP contribution in [0.1, 0.15) is 65.9 Å². The molecule has 5 nitrogen and oxygen atoms in total. The van der Waals surface area contributed by atoms with Gasteiger partial charge in [0, 0.05) is 25.6 Å². The minimum atomic E-state index is -0.927. The summed E-state index contributed by atoms with van der Waals surface area (Å²) in [4.78, 5) is 11.2. The Morgan fingerprint density at radius 3 is 2.31 bits per heavy atom. The van der Waals surface area contributed by atoms with E-state index in [0.29, 0.717) is 24.5 Å². The zero-order chi connectivity index (χ0) is 21.4. The maximum atomic E-state index is 11.2. The van der Waals surface area contributed by atoms with Gasteiger partial charge in [0.2, 0.25) is 0 Å². The van der Waals surface area contributed by atoms with Crippen molar-refractivity contribution in [3.63, 3.8) is 0 Å². The van der Waals surface area contributed by atoms with E-state index in [2.05, 4.69) is 33.0 Å². The van der Waals surface area contributed by atoms with Crippen molar-refractivity contribution in [2.24, 2.45) is 11.3 Å². The van der Waals surface area contributed by atoms with Crippen LogP contribution in [0, 0.1) is 11.3 Å². The number of nitrogens with one attached hydrogen (secondary N) is 1. The fourth-order valence-electron chi connectivity index (χ4n) is 4.11. The second-order valence-electron chi connectivity index (χ2n) is 9.38. The van der Waals surface area contributed by atoms with Crippen molar-refractivity contribution in [1.29, 1.82) is 0 Å². The molecule has 1 fully saturated rings. The van der Waals surface area contributed by atoms with Crippen LogP contribution in [0.2, 0.25) is 0 Å². The fraction of sp³-hybridized carbons (Fsp3) is 0.708. The van der Waals surface area contributed by atoms with E-state index in [1.807, 2.05) is 24.3 Å². The second kappa shape index (κ2) is 11.0. The number of hydrogen-bond donors (Lipinski definition) is 2. The van der Waals surface area contributed by atoms with Gasteiger partial charge >= 0.3 is 5.97 Å². The molecule has 29 heavy (non-hydrogen) atoms. The van der Waals surface area contributed by atoms with Crippen molar-refractivity contribution < 1.29 is 19.4 Å². The van der Waals surface area contributed by atoms with Crippen LogP contribution in [0.15, 0.2) is 24.3 Å². The molecule has 0 radical (unpaired) electrons. The van der Waals surface area contributed by atoms with Crippen LogP contribution in [0.3, 0.4) is 0 Å². The monoisotopic (exact) mass is 405 g/mol. The summed E-state index contributed by atoms with van der Waals surface area (Å²) < 4.78 is 11.3. The third-order valence-electron chi connectivity index (χ3n) is 5.97. The van der Waals surface area contributed by atoms with E-state index >= 15 is 0 Å². The first-order chi connectivity index (χ1) is 13.7. The molecule has 0 spiro atoms. The predicted octanol–water partition coefficient (Wildman–Crippen LogP) is 4.68. The van der Waals surface area contributed by atoms with Crippen LogP contribution in [0.25, 0.3) is 0 Å². The molecule has 0 bridgehead atoms. The summed E-state index contributed by atoms with van der Waals surface area (Å²) in [5.41, 5.74) is 1.35. The third kappa shape index (κ3) is 7.98. The van der Waals surface area contributed by atoms with Gasteiger partial charge in [-0.3, -0.25) is 0 Å². The van der Waals surface area contributed by atoms with E-state index in [0.717, 1.165) is 23.8 Å². The molecule has 1 aromatic rings. The number of aliphatic carboxylic acids is 1. The van der Waals surface area contributed by atoms with Crippen molar-refractivity contribution >= 4 is 5.97 Å². The average molecular weight is 406 g/mol. The normalized spacial score (nSPS) is 22.1. The van der Waals surface area contributed by atoms with Gasteiger partial charge in [-0.25, -0.2) is 4.79 Å². The molecule has 2 N–H and O–H groups in total. The highest BCUT2D eigenvalue weighted by Crippen LogP contribution is 2.37. The van der Waals surface area contributed by atoms with Crippen molar-refractivity contribution in [1.82, 2.24) is 5.32 Å². The zero-order valence-electron chi connectivity index (χ0n) is 18.7. The standard InChI is InChI=1S/C24H39NO4/c1-6-28-22(23(26)27)15-18-7-13-21(14-8-18)29-17(2)16-25-20-11-9-19(10-12-20)24(3,4)5/h7-8,13-14,17,19-20,22,25H,6,9-12,15-16H2,1-5H3,(H,26,27)/t17-,19?,20?,22+/m1/s1. The third-order valence-corrected chi connectivity index (χ3v) is 5.97. The number of ether oxygens (including phenoxy) is 2. The lowest BCUT2D eigenvalue weighted by Gasteiger charge is -2.37. The topological polar surface area (TPSA) is 67.8 Å². The van der Waals surface area contributed by atoms with E-state index in [1.165, 1.54) is 25.7 Å². The zero-order valence-corrected chi connectivity index (χ0v) is 18.7. The Morgan fingerprint density at radius 2 is 1.79 bits per heavy atom. The van der Waals surface area contributed by atoms with Crippen LogP contribution in [-0.2, 0) is 16.0 Å². The maximum absolute atomic E-state index is 11.2. The SMILES string of the molecule is CCO[C@@H](Cc1ccc(O[C@H](C)CNC2CCC(C(C)(C)C)CC2)cc1)C(=O)O. The minimum absolute atomic E-state index is 0.0800. The van der Waals surface area contributed by atoms with Gasteiger partial charge in [-0.15, -0.1) is 0 Å². The van der Waals surface area contributed by atoms with E-state index in [1.54, 1.807) is 6.92 Å². The summed E-state index contributed by atoms with van der Waals surface area (Å²) >= 11 is 0. The minimum Gasteiger partial charge on any atom is -0.489 e. The summed E-state index contributed by atoms with van der Waals surface area (Å²) in [6, 6.07) is 8.24. The fourth-order valence-corrected chi connectivity index (χ4v) is 4.11. The molecule has 0 aliphatic heterocycles. The number of benzene rings is 1. The lowest BCUT2D eigenvalue weighted by atomic mass is 9.71. The first-order valence-electron chi connectivity index (χ1n) is 11.0. The Balaban J connectivity index is 1.74.